The highest BCUT2D eigenvalue weighted by Gasteiger charge is 2.27. The second kappa shape index (κ2) is 6.74. The molecule has 2 N–H and O–H groups in total. The van der Waals surface area contributed by atoms with Crippen LogP contribution in [0.1, 0.15) is 22.3 Å². The maximum atomic E-state index is 12.0. The Kier molecular flexibility index (Phi) is 4.99. The van der Waals surface area contributed by atoms with E-state index in [1.54, 1.807) is 24.3 Å². The minimum absolute atomic E-state index is 0.00341. The van der Waals surface area contributed by atoms with Gasteiger partial charge in [0, 0.05) is 17.7 Å². The SMILES string of the molecule is O=C(NCC1CCS(=O)(=O)C1)c1cccc(C#CCO)c1. The van der Waals surface area contributed by atoms with Crippen LogP contribution in [0, 0.1) is 17.8 Å². The zero-order valence-corrected chi connectivity index (χ0v) is 12.3. The van der Waals surface area contributed by atoms with E-state index < -0.39 is 9.84 Å². The van der Waals surface area contributed by atoms with Crippen LogP contribution in [0.5, 0.6) is 0 Å². The first-order chi connectivity index (χ1) is 10.00. The van der Waals surface area contributed by atoms with Crippen molar-refractivity contribution in [3.8, 4) is 11.8 Å². The Morgan fingerprint density at radius 3 is 2.90 bits per heavy atom. The quantitative estimate of drug-likeness (QED) is 0.781. The van der Waals surface area contributed by atoms with Crippen LogP contribution in [0.25, 0.3) is 0 Å². The molecule has 1 aliphatic rings. The lowest BCUT2D eigenvalue weighted by atomic mass is 10.1. The molecular formula is C15H17NO4S. The second-order valence-corrected chi connectivity index (χ2v) is 7.25. The lowest BCUT2D eigenvalue weighted by molar-refractivity contribution is 0.0948. The molecule has 0 aromatic heterocycles. The Labute approximate surface area is 124 Å². The van der Waals surface area contributed by atoms with Gasteiger partial charge in [0.15, 0.2) is 9.84 Å². The smallest absolute Gasteiger partial charge is 0.251 e. The predicted octanol–water partition coefficient (Wildman–Crippen LogP) is 0.195. The summed E-state index contributed by atoms with van der Waals surface area (Å²) in [6.07, 6.45) is 0.602. The summed E-state index contributed by atoms with van der Waals surface area (Å²) >= 11 is 0. The molecule has 0 radical (unpaired) electrons. The van der Waals surface area contributed by atoms with Crippen molar-refractivity contribution >= 4 is 15.7 Å². The maximum absolute atomic E-state index is 12.0. The van der Waals surface area contributed by atoms with E-state index in [1.807, 2.05) is 0 Å². The highest BCUT2D eigenvalue weighted by Crippen LogP contribution is 2.17. The molecule has 1 unspecified atom stereocenters. The number of sulfone groups is 1. The summed E-state index contributed by atoms with van der Waals surface area (Å²) in [5.41, 5.74) is 1.13. The van der Waals surface area contributed by atoms with E-state index >= 15 is 0 Å². The second-order valence-electron chi connectivity index (χ2n) is 5.02. The summed E-state index contributed by atoms with van der Waals surface area (Å²) in [5.74, 6) is 5.37. The third kappa shape index (κ3) is 4.59. The lowest BCUT2D eigenvalue weighted by Crippen LogP contribution is -2.29. The molecule has 1 saturated heterocycles. The van der Waals surface area contributed by atoms with Crippen molar-refractivity contribution in [2.75, 3.05) is 24.7 Å². The average Bonchev–Trinajstić information content (AvgIpc) is 2.82. The molecule has 21 heavy (non-hydrogen) atoms. The fourth-order valence-corrected chi connectivity index (χ4v) is 4.11. The molecular weight excluding hydrogens is 290 g/mol. The summed E-state index contributed by atoms with van der Waals surface area (Å²) < 4.78 is 22.7. The molecule has 5 nitrogen and oxygen atoms in total. The molecule has 1 heterocycles. The van der Waals surface area contributed by atoms with Crippen molar-refractivity contribution in [2.24, 2.45) is 5.92 Å². The van der Waals surface area contributed by atoms with E-state index in [-0.39, 0.29) is 29.9 Å². The van der Waals surface area contributed by atoms with Crippen LogP contribution in [0.2, 0.25) is 0 Å². The Morgan fingerprint density at radius 2 is 2.24 bits per heavy atom. The summed E-state index contributed by atoms with van der Waals surface area (Å²) in [5, 5.41) is 11.4. The van der Waals surface area contributed by atoms with Crippen molar-refractivity contribution in [3.63, 3.8) is 0 Å². The van der Waals surface area contributed by atoms with Crippen LogP contribution in [-0.2, 0) is 9.84 Å². The van der Waals surface area contributed by atoms with Crippen LogP contribution in [0.3, 0.4) is 0 Å². The third-order valence-electron chi connectivity index (χ3n) is 3.31. The standard InChI is InChI=1S/C15H17NO4S/c17-7-2-4-12-3-1-5-14(9-12)15(18)16-10-13-6-8-21(19,20)11-13/h1,3,5,9,13,17H,6-8,10-11H2,(H,16,18). The third-order valence-corrected chi connectivity index (χ3v) is 5.15. The predicted molar refractivity (Wildman–Crippen MR) is 79.5 cm³/mol. The van der Waals surface area contributed by atoms with Crippen LogP contribution in [0.4, 0.5) is 0 Å². The number of aliphatic hydroxyl groups is 1. The Bertz CT molecular complexity index is 685. The first-order valence-electron chi connectivity index (χ1n) is 6.68. The highest BCUT2D eigenvalue weighted by atomic mass is 32.2. The topological polar surface area (TPSA) is 83.5 Å². The average molecular weight is 307 g/mol. The zero-order valence-electron chi connectivity index (χ0n) is 11.5. The normalized spacial score (nSPS) is 19.6. The van der Waals surface area contributed by atoms with Gasteiger partial charge in [0.25, 0.3) is 5.91 Å². The van der Waals surface area contributed by atoms with E-state index in [9.17, 15) is 13.2 Å². The van der Waals surface area contributed by atoms with Gasteiger partial charge in [-0.25, -0.2) is 8.42 Å². The van der Waals surface area contributed by atoms with Crippen LogP contribution in [-0.4, -0.2) is 44.1 Å². The number of hydrogen-bond donors (Lipinski definition) is 2. The molecule has 2 rings (SSSR count). The summed E-state index contributed by atoms with van der Waals surface area (Å²) in [6.45, 7) is 0.136. The summed E-state index contributed by atoms with van der Waals surface area (Å²) in [7, 11) is -2.92. The zero-order chi connectivity index (χ0) is 15.3. The van der Waals surface area contributed by atoms with Gasteiger partial charge in [-0.05, 0) is 30.5 Å². The van der Waals surface area contributed by atoms with Gasteiger partial charge in [0.2, 0.25) is 0 Å². The van der Waals surface area contributed by atoms with Crippen molar-refractivity contribution in [1.82, 2.24) is 5.32 Å². The van der Waals surface area contributed by atoms with Crippen LogP contribution in [0.15, 0.2) is 24.3 Å². The van der Waals surface area contributed by atoms with Gasteiger partial charge >= 0.3 is 0 Å². The van der Waals surface area contributed by atoms with Gasteiger partial charge in [-0.15, -0.1) is 0 Å². The van der Waals surface area contributed by atoms with Gasteiger partial charge in [0.1, 0.15) is 6.61 Å². The first kappa shape index (κ1) is 15.5. The molecule has 1 atom stereocenters. The van der Waals surface area contributed by atoms with Gasteiger partial charge in [0.05, 0.1) is 11.5 Å². The summed E-state index contributed by atoms with van der Waals surface area (Å²) in [6, 6.07) is 6.79. The van der Waals surface area contributed by atoms with Gasteiger partial charge < -0.3 is 10.4 Å². The maximum Gasteiger partial charge on any atom is 0.251 e. The number of benzene rings is 1. The first-order valence-corrected chi connectivity index (χ1v) is 8.51. The van der Waals surface area contributed by atoms with Crippen LogP contribution >= 0.6 is 0 Å². The van der Waals surface area contributed by atoms with E-state index in [0.29, 0.717) is 24.1 Å². The van der Waals surface area contributed by atoms with E-state index in [1.165, 1.54) is 0 Å². The Balaban J connectivity index is 1.94. The molecule has 112 valence electrons. The fourth-order valence-electron chi connectivity index (χ4n) is 2.25. The van der Waals surface area contributed by atoms with E-state index in [0.717, 1.165) is 0 Å². The molecule has 1 aromatic carbocycles. The number of aliphatic hydroxyl groups excluding tert-OH is 1. The molecule has 1 amide bonds. The van der Waals surface area contributed by atoms with E-state index in [4.69, 9.17) is 5.11 Å². The van der Waals surface area contributed by atoms with Crippen molar-refractivity contribution in [2.45, 2.75) is 6.42 Å². The van der Waals surface area contributed by atoms with Gasteiger partial charge in [-0.3, -0.25) is 4.79 Å². The van der Waals surface area contributed by atoms with Crippen molar-refractivity contribution < 1.29 is 18.3 Å². The number of amides is 1. The molecule has 1 fully saturated rings. The van der Waals surface area contributed by atoms with Gasteiger partial charge in [-0.2, -0.15) is 0 Å². The minimum atomic E-state index is -2.92. The van der Waals surface area contributed by atoms with Crippen molar-refractivity contribution in [3.05, 3.63) is 35.4 Å². The Morgan fingerprint density at radius 1 is 1.43 bits per heavy atom. The number of nitrogens with one attached hydrogen (secondary N) is 1. The molecule has 1 aliphatic heterocycles. The number of rotatable bonds is 3. The Hall–Kier alpha value is -1.84. The largest absolute Gasteiger partial charge is 0.384 e. The number of hydrogen-bond acceptors (Lipinski definition) is 4. The molecule has 0 spiro atoms. The number of carbonyl (C=O) groups is 1. The van der Waals surface area contributed by atoms with Crippen LogP contribution < -0.4 is 5.32 Å². The highest BCUT2D eigenvalue weighted by molar-refractivity contribution is 7.91. The van der Waals surface area contributed by atoms with Crippen molar-refractivity contribution in [1.29, 1.82) is 0 Å². The van der Waals surface area contributed by atoms with E-state index in [2.05, 4.69) is 17.2 Å². The molecule has 0 saturated carbocycles. The molecule has 1 aromatic rings. The lowest BCUT2D eigenvalue weighted by Gasteiger charge is -2.09. The molecule has 0 aliphatic carbocycles. The van der Waals surface area contributed by atoms with Gasteiger partial charge in [-0.1, -0.05) is 17.9 Å². The molecule has 0 bridgehead atoms. The number of carbonyl (C=O) groups excluding carboxylic acids is 1. The minimum Gasteiger partial charge on any atom is -0.384 e. The summed E-state index contributed by atoms with van der Waals surface area (Å²) in [4.78, 5) is 12.0. The monoisotopic (exact) mass is 307 g/mol. The fraction of sp³-hybridized carbons (Fsp3) is 0.400. The molecule has 6 heteroatoms.